The van der Waals surface area contributed by atoms with Gasteiger partial charge >= 0.3 is 0 Å². The monoisotopic (exact) mass is 675 g/mol. The lowest BCUT2D eigenvalue weighted by Gasteiger charge is -2.30. The summed E-state index contributed by atoms with van der Waals surface area (Å²) in [6, 6.07) is 15.7. The lowest BCUT2D eigenvalue weighted by Crippen LogP contribution is -2.36. The molecule has 2 aromatic carbocycles. The largest absolute Gasteiger partial charge is 0.382 e. The molecule has 1 aromatic heterocycles. The molecule has 11 nitrogen and oxygen atoms in total. The van der Waals surface area contributed by atoms with Crippen molar-refractivity contribution in [3.8, 4) is 22.5 Å². The molecule has 0 aliphatic carbocycles. The van der Waals surface area contributed by atoms with E-state index in [0.29, 0.717) is 64.6 Å². The van der Waals surface area contributed by atoms with E-state index in [-0.39, 0.29) is 36.4 Å². The van der Waals surface area contributed by atoms with Crippen LogP contribution in [0.25, 0.3) is 22.5 Å². The SMILES string of the molecule is COCCOCCn1nnc2c1-c1ccccc1CN(C(=O)CCC(=O)NCCC(C)(C)OCCC(C)(C)C(=O)C(C)C)c1ccccc1-2. The van der Waals surface area contributed by atoms with E-state index >= 15 is 0 Å². The molecule has 0 unspecified atom stereocenters. The Morgan fingerprint density at radius 1 is 0.898 bits per heavy atom. The van der Waals surface area contributed by atoms with Crippen molar-refractivity contribution < 1.29 is 28.6 Å². The van der Waals surface area contributed by atoms with Crippen LogP contribution in [0.3, 0.4) is 0 Å². The number of nitrogens with one attached hydrogen (secondary N) is 1. The molecular weight excluding hydrogens is 622 g/mol. The van der Waals surface area contributed by atoms with Crippen LogP contribution in [0, 0.1) is 11.3 Å². The van der Waals surface area contributed by atoms with Gasteiger partial charge in [-0.1, -0.05) is 75.4 Å². The van der Waals surface area contributed by atoms with Gasteiger partial charge in [0.15, 0.2) is 0 Å². The molecule has 4 rings (SSSR count). The minimum Gasteiger partial charge on any atom is -0.382 e. The van der Waals surface area contributed by atoms with Crippen molar-refractivity contribution in [2.45, 2.75) is 85.9 Å². The topological polar surface area (TPSA) is 125 Å². The third-order valence-electron chi connectivity index (χ3n) is 8.99. The molecule has 3 aromatic rings. The Hall–Kier alpha value is -3.93. The number of fused-ring (bicyclic) bond motifs is 5. The molecule has 0 bridgehead atoms. The van der Waals surface area contributed by atoms with Crippen molar-refractivity contribution in [3.05, 3.63) is 54.1 Å². The Morgan fingerprint density at radius 3 is 2.35 bits per heavy atom. The average molecular weight is 676 g/mol. The number of nitrogens with zero attached hydrogens (tertiary/aromatic N) is 4. The quantitative estimate of drug-likeness (QED) is 0.167. The van der Waals surface area contributed by atoms with E-state index in [0.717, 1.165) is 28.1 Å². The molecule has 2 amide bonds. The highest BCUT2D eigenvalue weighted by Crippen LogP contribution is 2.41. The van der Waals surface area contributed by atoms with Crippen LogP contribution in [0.2, 0.25) is 0 Å². The second-order valence-electron chi connectivity index (χ2n) is 14.1. The zero-order valence-electron chi connectivity index (χ0n) is 30.2. The van der Waals surface area contributed by atoms with Crippen molar-refractivity contribution in [3.63, 3.8) is 0 Å². The lowest BCUT2D eigenvalue weighted by atomic mass is 9.80. The van der Waals surface area contributed by atoms with Crippen LogP contribution in [-0.2, 0) is 41.7 Å². The van der Waals surface area contributed by atoms with Gasteiger partial charge in [-0.2, -0.15) is 0 Å². The maximum atomic E-state index is 13.8. The highest BCUT2D eigenvalue weighted by molar-refractivity contribution is 6.01. The molecule has 0 saturated heterocycles. The summed E-state index contributed by atoms with van der Waals surface area (Å²) in [6.07, 6.45) is 1.36. The first kappa shape index (κ1) is 37.9. The molecule has 0 fully saturated rings. The number of hydrogen-bond acceptors (Lipinski definition) is 8. The summed E-state index contributed by atoms with van der Waals surface area (Å²) in [7, 11) is 1.64. The van der Waals surface area contributed by atoms with Crippen LogP contribution in [0.1, 0.15) is 72.8 Å². The van der Waals surface area contributed by atoms with Crippen LogP contribution >= 0.6 is 0 Å². The Kier molecular flexibility index (Phi) is 13.2. The van der Waals surface area contributed by atoms with Crippen molar-refractivity contribution in [2.24, 2.45) is 11.3 Å². The van der Waals surface area contributed by atoms with Gasteiger partial charge in [-0.05, 0) is 38.3 Å². The molecule has 0 radical (unpaired) electrons. The number of amides is 2. The highest BCUT2D eigenvalue weighted by Gasteiger charge is 2.31. The Balaban J connectivity index is 1.38. The fourth-order valence-electron chi connectivity index (χ4n) is 6.10. The van der Waals surface area contributed by atoms with Gasteiger partial charge in [0.1, 0.15) is 11.5 Å². The molecule has 1 N–H and O–H groups in total. The van der Waals surface area contributed by atoms with E-state index in [1.807, 2.05) is 94.8 Å². The Labute approximate surface area is 290 Å². The van der Waals surface area contributed by atoms with E-state index in [9.17, 15) is 14.4 Å². The van der Waals surface area contributed by atoms with Gasteiger partial charge in [-0.25, -0.2) is 4.68 Å². The molecule has 266 valence electrons. The first-order chi connectivity index (χ1) is 23.3. The summed E-state index contributed by atoms with van der Waals surface area (Å²) in [5.41, 5.74) is 4.09. The number of benzene rings is 2. The van der Waals surface area contributed by atoms with Crippen LogP contribution in [0.15, 0.2) is 48.5 Å². The zero-order chi connectivity index (χ0) is 35.6. The van der Waals surface area contributed by atoms with Gasteiger partial charge in [-0.3, -0.25) is 14.4 Å². The summed E-state index contributed by atoms with van der Waals surface area (Å²) >= 11 is 0. The molecule has 2 heterocycles. The molecule has 1 aliphatic rings. The second-order valence-corrected chi connectivity index (χ2v) is 14.1. The third kappa shape index (κ3) is 10.1. The number of para-hydroxylation sites is 1. The van der Waals surface area contributed by atoms with E-state index in [1.54, 1.807) is 12.0 Å². The molecule has 0 spiro atoms. The maximum absolute atomic E-state index is 13.8. The number of anilines is 1. The van der Waals surface area contributed by atoms with Crippen molar-refractivity contribution >= 4 is 23.3 Å². The number of aromatic nitrogens is 3. The van der Waals surface area contributed by atoms with Crippen molar-refractivity contribution in [1.82, 2.24) is 20.3 Å². The summed E-state index contributed by atoms with van der Waals surface area (Å²) in [6.45, 7) is 14.9. The van der Waals surface area contributed by atoms with Crippen molar-refractivity contribution in [2.75, 3.05) is 45.0 Å². The minimum atomic E-state index is -0.473. The van der Waals surface area contributed by atoms with Gasteiger partial charge < -0.3 is 24.4 Å². The molecule has 1 aliphatic heterocycles. The second kappa shape index (κ2) is 17.1. The fourth-order valence-corrected chi connectivity index (χ4v) is 6.10. The van der Waals surface area contributed by atoms with Crippen LogP contribution in [0.5, 0.6) is 0 Å². The van der Waals surface area contributed by atoms with Gasteiger partial charge in [0.25, 0.3) is 0 Å². The first-order valence-electron chi connectivity index (χ1n) is 17.3. The van der Waals surface area contributed by atoms with Gasteiger partial charge in [-0.15, -0.1) is 5.10 Å². The van der Waals surface area contributed by atoms with Crippen LogP contribution < -0.4 is 10.2 Å². The third-order valence-corrected chi connectivity index (χ3v) is 8.99. The average Bonchev–Trinajstić information content (AvgIpc) is 3.47. The van der Waals surface area contributed by atoms with E-state index in [1.165, 1.54) is 0 Å². The molecule has 0 saturated carbocycles. The van der Waals surface area contributed by atoms with E-state index in [4.69, 9.17) is 14.2 Å². The summed E-state index contributed by atoms with van der Waals surface area (Å²) < 4.78 is 18.8. The fraction of sp³-hybridized carbons (Fsp3) is 0.553. The summed E-state index contributed by atoms with van der Waals surface area (Å²) in [5.74, 6) is -0.127. The molecule has 0 atom stereocenters. The van der Waals surface area contributed by atoms with Gasteiger partial charge in [0.05, 0.1) is 49.9 Å². The number of carbonyl (C=O) groups excluding carboxylic acids is 3. The molecule has 11 heteroatoms. The Morgan fingerprint density at radius 2 is 1.61 bits per heavy atom. The summed E-state index contributed by atoms with van der Waals surface area (Å²) in [4.78, 5) is 41.0. The van der Waals surface area contributed by atoms with Gasteiger partial charge in [0.2, 0.25) is 11.8 Å². The number of Topliss-reactive ketones (excluding diaryl/α,β-unsaturated/α-hetero) is 1. The Bertz CT molecular complexity index is 1580. The number of rotatable bonds is 18. The number of carbonyl (C=O) groups is 3. The van der Waals surface area contributed by atoms with Gasteiger partial charge in [0, 0.05) is 55.6 Å². The van der Waals surface area contributed by atoms with E-state index in [2.05, 4.69) is 15.6 Å². The predicted molar refractivity (Wildman–Crippen MR) is 190 cm³/mol. The molecule has 49 heavy (non-hydrogen) atoms. The number of hydrogen-bond donors (Lipinski definition) is 1. The predicted octanol–water partition coefficient (Wildman–Crippen LogP) is 5.84. The lowest BCUT2D eigenvalue weighted by molar-refractivity contribution is -0.132. The van der Waals surface area contributed by atoms with Crippen LogP contribution in [-0.4, -0.2) is 78.3 Å². The standard InChI is InChI=1S/C38H53N5O6/c1-27(2)36(46)37(3,4)19-22-49-38(5,6)18-20-39-32(44)16-17-33(45)42-26-28-12-8-9-13-29(28)35-34(30-14-10-11-15-31(30)42)40-41-43(35)21-23-48-25-24-47-7/h8-15,27H,16-26H2,1-7H3,(H,39,44). The molecular formula is C38H53N5O6. The normalized spacial score (nSPS) is 12.9. The minimum absolute atomic E-state index is 0.0167. The smallest absolute Gasteiger partial charge is 0.227 e. The zero-order valence-corrected chi connectivity index (χ0v) is 30.2. The highest BCUT2D eigenvalue weighted by atomic mass is 16.5. The first-order valence-corrected chi connectivity index (χ1v) is 17.3. The number of ketones is 1. The van der Waals surface area contributed by atoms with Crippen molar-refractivity contribution in [1.29, 1.82) is 0 Å². The number of ether oxygens (including phenoxy) is 3. The summed E-state index contributed by atoms with van der Waals surface area (Å²) in [5, 5.41) is 12.0. The number of methoxy groups -OCH3 is 1. The maximum Gasteiger partial charge on any atom is 0.227 e. The van der Waals surface area contributed by atoms with Crippen LogP contribution in [0.4, 0.5) is 5.69 Å². The van der Waals surface area contributed by atoms with E-state index < -0.39 is 11.0 Å².